The van der Waals surface area contributed by atoms with Crippen molar-refractivity contribution in [3.05, 3.63) is 63.6 Å². The summed E-state index contributed by atoms with van der Waals surface area (Å²) in [6, 6.07) is 12.9. The molecule has 4 nitrogen and oxygen atoms in total. The van der Waals surface area contributed by atoms with E-state index in [1.54, 1.807) is 35.7 Å². The molecule has 0 aliphatic heterocycles. The molecule has 0 saturated heterocycles. The Bertz CT molecular complexity index is 888. The van der Waals surface area contributed by atoms with Crippen molar-refractivity contribution in [3.8, 4) is 0 Å². The Morgan fingerprint density at radius 3 is 2.32 bits per heavy atom. The summed E-state index contributed by atoms with van der Waals surface area (Å²) in [6.45, 7) is 8.74. The van der Waals surface area contributed by atoms with Crippen molar-refractivity contribution in [2.45, 2.75) is 51.6 Å². The Morgan fingerprint density at radius 1 is 1.03 bits per heavy atom. The predicted octanol–water partition coefficient (Wildman–Crippen LogP) is 5.97. The lowest BCUT2D eigenvalue weighted by Crippen LogP contribution is -2.48. The number of benzene rings is 2. The number of aryl methyl sites for hydroxylation is 1. The van der Waals surface area contributed by atoms with Gasteiger partial charge in [-0.05, 0) is 49.6 Å². The number of amides is 2. The summed E-state index contributed by atoms with van der Waals surface area (Å²) in [5.74, 6) is 0.743. The highest BCUT2D eigenvalue weighted by Gasteiger charge is 2.26. The SMILES string of the molecule is Cc1ccc(SCCC(=O)N(Cc2ccc(Cl)c(Cl)c2)[C@@H](C)C(=O)NCC(C)C)cc1. The summed E-state index contributed by atoms with van der Waals surface area (Å²) in [4.78, 5) is 28.5. The standard InChI is InChI=1S/C24H30Cl2N2O2S/c1-16(2)14-27-24(30)18(4)28(15-19-7-10-21(25)22(26)13-19)23(29)11-12-31-20-8-5-17(3)6-9-20/h5-10,13,16,18H,11-12,14-15H2,1-4H3,(H,27,30)/t18-/m0/s1. The van der Waals surface area contributed by atoms with E-state index < -0.39 is 6.04 Å². The van der Waals surface area contributed by atoms with Gasteiger partial charge >= 0.3 is 0 Å². The van der Waals surface area contributed by atoms with Crippen molar-refractivity contribution >= 4 is 46.8 Å². The first-order chi connectivity index (χ1) is 14.7. The molecule has 0 radical (unpaired) electrons. The Balaban J connectivity index is 2.08. The second-order valence-electron chi connectivity index (χ2n) is 8.00. The number of nitrogens with zero attached hydrogens (tertiary/aromatic N) is 1. The number of carbonyl (C=O) groups excluding carboxylic acids is 2. The quantitative estimate of drug-likeness (QED) is 0.425. The van der Waals surface area contributed by atoms with Crippen LogP contribution in [-0.2, 0) is 16.1 Å². The predicted molar refractivity (Wildman–Crippen MR) is 131 cm³/mol. The van der Waals surface area contributed by atoms with E-state index in [-0.39, 0.29) is 11.8 Å². The van der Waals surface area contributed by atoms with Gasteiger partial charge in [0.05, 0.1) is 10.0 Å². The van der Waals surface area contributed by atoms with Gasteiger partial charge in [0, 0.05) is 30.2 Å². The van der Waals surface area contributed by atoms with Crippen LogP contribution >= 0.6 is 35.0 Å². The smallest absolute Gasteiger partial charge is 0.242 e. The van der Waals surface area contributed by atoms with E-state index in [0.29, 0.717) is 41.2 Å². The molecule has 2 amide bonds. The third-order valence-electron chi connectivity index (χ3n) is 4.79. The van der Waals surface area contributed by atoms with Gasteiger partial charge in [0.2, 0.25) is 11.8 Å². The number of thioether (sulfide) groups is 1. The largest absolute Gasteiger partial charge is 0.354 e. The van der Waals surface area contributed by atoms with Crippen LogP contribution in [0.1, 0.15) is 38.3 Å². The fourth-order valence-electron chi connectivity index (χ4n) is 2.90. The summed E-state index contributed by atoms with van der Waals surface area (Å²) in [5.41, 5.74) is 2.03. The molecule has 0 bridgehead atoms. The fourth-order valence-corrected chi connectivity index (χ4v) is 4.07. The molecule has 7 heteroatoms. The molecule has 31 heavy (non-hydrogen) atoms. The molecule has 168 valence electrons. The van der Waals surface area contributed by atoms with Gasteiger partial charge in [-0.15, -0.1) is 11.8 Å². The molecular weight excluding hydrogens is 451 g/mol. The van der Waals surface area contributed by atoms with Crippen LogP contribution in [0, 0.1) is 12.8 Å². The zero-order chi connectivity index (χ0) is 23.0. The van der Waals surface area contributed by atoms with Crippen LogP contribution in [0.4, 0.5) is 0 Å². The van der Waals surface area contributed by atoms with E-state index in [1.165, 1.54) is 5.56 Å². The summed E-state index contributed by atoms with van der Waals surface area (Å²) in [7, 11) is 0. The number of carbonyl (C=O) groups is 2. The molecule has 1 atom stereocenters. The molecule has 0 aromatic heterocycles. The average molecular weight is 481 g/mol. The van der Waals surface area contributed by atoms with E-state index in [1.807, 2.05) is 26.8 Å². The Kier molecular flexibility index (Phi) is 10.2. The second-order valence-corrected chi connectivity index (χ2v) is 9.98. The maximum absolute atomic E-state index is 13.1. The van der Waals surface area contributed by atoms with Gasteiger partial charge in [-0.2, -0.15) is 0 Å². The number of hydrogen-bond acceptors (Lipinski definition) is 3. The molecular formula is C24H30Cl2N2O2S. The molecule has 0 saturated carbocycles. The van der Waals surface area contributed by atoms with Crippen molar-refractivity contribution in [1.82, 2.24) is 10.2 Å². The average Bonchev–Trinajstić information content (AvgIpc) is 2.73. The molecule has 1 N–H and O–H groups in total. The highest BCUT2D eigenvalue weighted by atomic mass is 35.5. The fraction of sp³-hybridized carbons (Fsp3) is 0.417. The van der Waals surface area contributed by atoms with Crippen LogP contribution in [0.2, 0.25) is 10.0 Å². The van der Waals surface area contributed by atoms with Gasteiger partial charge in [-0.25, -0.2) is 0 Å². The second kappa shape index (κ2) is 12.4. The number of nitrogens with one attached hydrogen (secondary N) is 1. The summed E-state index contributed by atoms with van der Waals surface area (Å²) in [5, 5.41) is 3.81. The van der Waals surface area contributed by atoms with Gasteiger partial charge in [0.1, 0.15) is 6.04 Å². The minimum Gasteiger partial charge on any atom is -0.354 e. The summed E-state index contributed by atoms with van der Waals surface area (Å²) in [6.07, 6.45) is 0.335. The summed E-state index contributed by atoms with van der Waals surface area (Å²) < 4.78 is 0. The Hall–Kier alpha value is -1.69. The molecule has 2 aromatic carbocycles. The maximum Gasteiger partial charge on any atom is 0.242 e. The monoisotopic (exact) mass is 480 g/mol. The maximum atomic E-state index is 13.1. The molecule has 0 spiro atoms. The van der Waals surface area contributed by atoms with Crippen LogP contribution in [0.5, 0.6) is 0 Å². The third kappa shape index (κ3) is 8.40. The van der Waals surface area contributed by atoms with E-state index in [4.69, 9.17) is 23.2 Å². The highest BCUT2D eigenvalue weighted by molar-refractivity contribution is 7.99. The lowest BCUT2D eigenvalue weighted by molar-refractivity contribution is -0.140. The molecule has 0 unspecified atom stereocenters. The van der Waals surface area contributed by atoms with Crippen LogP contribution in [0.25, 0.3) is 0 Å². The highest BCUT2D eigenvalue weighted by Crippen LogP contribution is 2.24. The summed E-state index contributed by atoms with van der Waals surface area (Å²) >= 11 is 13.8. The number of halogens is 2. The molecule has 0 fully saturated rings. The Labute approximate surface area is 199 Å². The van der Waals surface area contributed by atoms with E-state index in [2.05, 4.69) is 29.6 Å². The lowest BCUT2D eigenvalue weighted by Gasteiger charge is -2.29. The van der Waals surface area contributed by atoms with E-state index >= 15 is 0 Å². The van der Waals surface area contributed by atoms with Crippen molar-refractivity contribution in [3.63, 3.8) is 0 Å². The van der Waals surface area contributed by atoms with Gasteiger partial charge in [0.15, 0.2) is 0 Å². The van der Waals surface area contributed by atoms with Crippen LogP contribution < -0.4 is 5.32 Å². The molecule has 2 aromatic rings. The van der Waals surface area contributed by atoms with Crippen LogP contribution in [-0.4, -0.2) is 35.1 Å². The lowest BCUT2D eigenvalue weighted by atomic mass is 10.1. The first-order valence-corrected chi connectivity index (χ1v) is 12.1. The van der Waals surface area contributed by atoms with Gasteiger partial charge in [0.25, 0.3) is 0 Å². The minimum absolute atomic E-state index is 0.0714. The minimum atomic E-state index is -0.593. The first kappa shape index (κ1) is 25.6. The topological polar surface area (TPSA) is 49.4 Å². The zero-order valence-electron chi connectivity index (χ0n) is 18.5. The molecule has 0 aliphatic rings. The van der Waals surface area contributed by atoms with Gasteiger partial charge < -0.3 is 10.2 Å². The van der Waals surface area contributed by atoms with E-state index in [9.17, 15) is 9.59 Å². The van der Waals surface area contributed by atoms with Crippen molar-refractivity contribution in [2.24, 2.45) is 5.92 Å². The van der Waals surface area contributed by atoms with Crippen molar-refractivity contribution in [1.29, 1.82) is 0 Å². The van der Waals surface area contributed by atoms with Crippen LogP contribution in [0.15, 0.2) is 47.4 Å². The third-order valence-corrected chi connectivity index (χ3v) is 6.55. The molecule has 0 heterocycles. The van der Waals surface area contributed by atoms with Crippen molar-refractivity contribution < 1.29 is 9.59 Å². The van der Waals surface area contributed by atoms with E-state index in [0.717, 1.165) is 10.5 Å². The number of hydrogen-bond donors (Lipinski definition) is 1. The Morgan fingerprint density at radius 2 is 1.71 bits per heavy atom. The normalized spacial score (nSPS) is 12.0. The van der Waals surface area contributed by atoms with Crippen LogP contribution in [0.3, 0.4) is 0 Å². The van der Waals surface area contributed by atoms with Crippen molar-refractivity contribution in [2.75, 3.05) is 12.3 Å². The van der Waals surface area contributed by atoms with Gasteiger partial charge in [-0.1, -0.05) is 60.8 Å². The van der Waals surface area contributed by atoms with Gasteiger partial charge in [-0.3, -0.25) is 9.59 Å². The first-order valence-electron chi connectivity index (χ1n) is 10.4. The number of rotatable bonds is 10. The molecule has 0 aliphatic carbocycles. The molecule has 2 rings (SSSR count). The zero-order valence-corrected chi connectivity index (χ0v) is 20.8.